The van der Waals surface area contributed by atoms with Gasteiger partial charge < -0.3 is 15.2 Å². The van der Waals surface area contributed by atoms with Crippen LogP contribution in [0.3, 0.4) is 0 Å². The van der Waals surface area contributed by atoms with E-state index in [0.717, 1.165) is 36.4 Å². The maximum Gasteiger partial charge on any atom is 0.164 e. The van der Waals surface area contributed by atoms with Crippen molar-refractivity contribution in [1.29, 1.82) is 0 Å². The zero-order valence-electron chi connectivity index (χ0n) is 9.08. The molecule has 0 aliphatic carbocycles. The predicted octanol–water partition coefficient (Wildman–Crippen LogP) is 1.66. The molecule has 0 aromatic heterocycles. The molecule has 0 bridgehead atoms. The van der Waals surface area contributed by atoms with Crippen LogP contribution in [0.5, 0.6) is 11.5 Å². The highest BCUT2D eigenvalue weighted by molar-refractivity contribution is 5.49. The highest BCUT2D eigenvalue weighted by Gasteiger charge is 2.14. The van der Waals surface area contributed by atoms with Crippen molar-refractivity contribution < 1.29 is 9.47 Å². The summed E-state index contributed by atoms with van der Waals surface area (Å²) in [5.74, 6) is 1.78. The average molecular weight is 207 g/mol. The van der Waals surface area contributed by atoms with Gasteiger partial charge in [-0.15, -0.1) is 0 Å². The second-order valence-electron chi connectivity index (χ2n) is 3.83. The number of nitrogens with two attached hydrogens (primary N) is 1. The SMILES string of the molecule is Cc1cc(CCCN)cc2c1OCCO2. The van der Waals surface area contributed by atoms with E-state index in [-0.39, 0.29) is 0 Å². The van der Waals surface area contributed by atoms with E-state index in [1.807, 2.05) is 0 Å². The van der Waals surface area contributed by atoms with Crippen LogP contribution < -0.4 is 15.2 Å². The number of rotatable bonds is 3. The normalized spacial score (nSPS) is 14.0. The maximum absolute atomic E-state index is 5.57. The number of hydrogen-bond acceptors (Lipinski definition) is 3. The van der Waals surface area contributed by atoms with Crippen LogP contribution in [-0.4, -0.2) is 19.8 Å². The summed E-state index contributed by atoms with van der Waals surface area (Å²) < 4.78 is 11.1. The molecule has 3 nitrogen and oxygen atoms in total. The Hall–Kier alpha value is -1.22. The molecule has 0 saturated carbocycles. The Morgan fingerprint density at radius 1 is 1.27 bits per heavy atom. The monoisotopic (exact) mass is 207 g/mol. The topological polar surface area (TPSA) is 44.5 Å². The molecule has 2 N–H and O–H groups in total. The van der Waals surface area contributed by atoms with Crippen LogP contribution in [-0.2, 0) is 6.42 Å². The minimum Gasteiger partial charge on any atom is -0.486 e. The summed E-state index contributed by atoms with van der Waals surface area (Å²) in [6.45, 7) is 4.08. The first-order valence-electron chi connectivity index (χ1n) is 5.40. The molecule has 0 spiro atoms. The molecule has 1 heterocycles. The average Bonchev–Trinajstić information content (AvgIpc) is 2.26. The lowest BCUT2D eigenvalue weighted by Gasteiger charge is -2.21. The van der Waals surface area contributed by atoms with E-state index in [0.29, 0.717) is 13.2 Å². The van der Waals surface area contributed by atoms with E-state index >= 15 is 0 Å². The van der Waals surface area contributed by atoms with Gasteiger partial charge in [-0.2, -0.15) is 0 Å². The molecular formula is C12H17NO2. The van der Waals surface area contributed by atoms with Crippen LogP contribution in [0.2, 0.25) is 0 Å². The summed E-state index contributed by atoms with van der Waals surface area (Å²) in [6, 6.07) is 4.22. The molecule has 1 aliphatic rings. The molecule has 82 valence electrons. The van der Waals surface area contributed by atoms with Gasteiger partial charge in [-0.1, -0.05) is 6.07 Å². The zero-order valence-corrected chi connectivity index (χ0v) is 9.08. The molecule has 0 unspecified atom stereocenters. The molecule has 1 aromatic carbocycles. The van der Waals surface area contributed by atoms with E-state index in [2.05, 4.69) is 19.1 Å². The summed E-state index contributed by atoms with van der Waals surface area (Å²) in [4.78, 5) is 0. The minimum atomic E-state index is 0.646. The first kappa shape index (κ1) is 10.3. The molecule has 2 rings (SSSR count). The van der Waals surface area contributed by atoms with E-state index in [4.69, 9.17) is 15.2 Å². The summed E-state index contributed by atoms with van der Waals surface area (Å²) in [5.41, 5.74) is 7.93. The lowest BCUT2D eigenvalue weighted by molar-refractivity contribution is 0.170. The fourth-order valence-corrected chi connectivity index (χ4v) is 1.85. The van der Waals surface area contributed by atoms with Crippen molar-refractivity contribution in [3.63, 3.8) is 0 Å². The fourth-order valence-electron chi connectivity index (χ4n) is 1.85. The first-order valence-corrected chi connectivity index (χ1v) is 5.40. The van der Waals surface area contributed by atoms with Crippen molar-refractivity contribution in [2.45, 2.75) is 19.8 Å². The lowest BCUT2D eigenvalue weighted by Crippen LogP contribution is -2.16. The van der Waals surface area contributed by atoms with Crippen molar-refractivity contribution in [2.75, 3.05) is 19.8 Å². The van der Waals surface area contributed by atoms with E-state index in [1.165, 1.54) is 5.56 Å². The van der Waals surface area contributed by atoms with Crippen molar-refractivity contribution in [3.8, 4) is 11.5 Å². The summed E-state index contributed by atoms with van der Waals surface area (Å²) in [5, 5.41) is 0. The number of fused-ring (bicyclic) bond motifs is 1. The molecule has 15 heavy (non-hydrogen) atoms. The Balaban J connectivity index is 2.24. The zero-order chi connectivity index (χ0) is 10.7. The van der Waals surface area contributed by atoms with Gasteiger partial charge in [0.05, 0.1) is 0 Å². The van der Waals surface area contributed by atoms with Gasteiger partial charge in [-0.3, -0.25) is 0 Å². The van der Waals surface area contributed by atoms with Gasteiger partial charge in [0.1, 0.15) is 13.2 Å². The molecule has 0 amide bonds. The summed E-state index contributed by atoms with van der Waals surface area (Å²) in [6.07, 6.45) is 2.02. The van der Waals surface area contributed by atoms with E-state index in [9.17, 15) is 0 Å². The van der Waals surface area contributed by atoms with E-state index < -0.39 is 0 Å². The Labute approximate surface area is 90.2 Å². The quantitative estimate of drug-likeness (QED) is 0.819. The third kappa shape index (κ3) is 2.23. The molecule has 0 radical (unpaired) electrons. The minimum absolute atomic E-state index is 0.646. The van der Waals surface area contributed by atoms with Crippen LogP contribution in [0, 0.1) is 6.92 Å². The maximum atomic E-state index is 5.57. The number of aryl methyl sites for hydroxylation is 2. The van der Waals surface area contributed by atoms with Crippen LogP contribution in [0.25, 0.3) is 0 Å². The van der Waals surface area contributed by atoms with Gasteiger partial charge in [0, 0.05) is 0 Å². The van der Waals surface area contributed by atoms with E-state index in [1.54, 1.807) is 0 Å². The molecule has 3 heteroatoms. The Kier molecular flexibility index (Phi) is 3.11. The standard InChI is InChI=1S/C12H17NO2/c1-9-7-10(3-2-4-13)8-11-12(9)15-6-5-14-11/h7-8H,2-6,13H2,1H3. The van der Waals surface area contributed by atoms with Crippen molar-refractivity contribution in [1.82, 2.24) is 0 Å². The molecule has 0 fully saturated rings. The van der Waals surface area contributed by atoms with Gasteiger partial charge in [0.2, 0.25) is 0 Å². The largest absolute Gasteiger partial charge is 0.486 e. The molecule has 1 aromatic rings. The Morgan fingerprint density at radius 2 is 2.07 bits per heavy atom. The van der Waals surface area contributed by atoms with Gasteiger partial charge >= 0.3 is 0 Å². The van der Waals surface area contributed by atoms with Gasteiger partial charge in [0.25, 0.3) is 0 Å². The highest BCUT2D eigenvalue weighted by Crippen LogP contribution is 2.34. The van der Waals surface area contributed by atoms with Gasteiger partial charge in [-0.05, 0) is 43.5 Å². The van der Waals surface area contributed by atoms with Crippen LogP contribution in [0.4, 0.5) is 0 Å². The number of ether oxygens (including phenoxy) is 2. The Bertz CT molecular complexity index is 350. The second kappa shape index (κ2) is 4.53. The molecule has 0 atom stereocenters. The van der Waals surface area contributed by atoms with Gasteiger partial charge in [0.15, 0.2) is 11.5 Å². The fraction of sp³-hybridized carbons (Fsp3) is 0.500. The summed E-state index contributed by atoms with van der Waals surface area (Å²) >= 11 is 0. The number of benzene rings is 1. The second-order valence-corrected chi connectivity index (χ2v) is 3.83. The third-order valence-electron chi connectivity index (χ3n) is 2.56. The molecule has 0 saturated heterocycles. The van der Waals surface area contributed by atoms with Crippen LogP contribution in [0.15, 0.2) is 12.1 Å². The third-order valence-corrected chi connectivity index (χ3v) is 2.56. The van der Waals surface area contributed by atoms with Crippen molar-refractivity contribution in [3.05, 3.63) is 23.3 Å². The van der Waals surface area contributed by atoms with Crippen molar-refractivity contribution >= 4 is 0 Å². The smallest absolute Gasteiger partial charge is 0.164 e. The van der Waals surface area contributed by atoms with Crippen LogP contribution >= 0.6 is 0 Å². The van der Waals surface area contributed by atoms with Crippen LogP contribution in [0.1, 0.15) is 17.5 Å². The number of hydrogen-bond donors (Lipinski definition) is 1. The Morgan fingerprint density at radius 3 is 2.87 bits per heavy atom. The summed E-state index contributed by atoms with van der Waals surface area (Å²) in [7, 11) is 0. The lowest BCUT2D eigenvalue weighted by atomic mass is 10.1. The van der Waals surface area contributed by atoms with Crippen molar-refractivity contribution in [2.24, 2.45) is 5.73 Å². The first-order chi connectivity index (χ1) is 7.31. The molecular weight excluding hydrogens is 190 g/mol. The van der Waals surface area contributed by atoms with Gasteiger partial charge in [-0.25, -0.2) is 0 Å². The predicted molar refractivity (Wildman–Crippen MR) is 59.5 cm³/mol. The molecule has 1 aliphatic heterocycles. The highest BCUT2D eigenvalue weighted by atomic mass is 16.6.